The SMILES string of the molecule is COC(=O)[C@H](Cc1ccc(O)c(O)c1)NC(=O)CCC(=O)O[C@@H]1CC[C@@H]2[C@@H]3CCC4=CC(=O)CC[C@]4(C)[C@H]3CC[C@@]21C. The van der Waals surface area contributed by atoms with Crippen LogP contribution in [0.15, 0.2) is 29.8 Å². The molecule has 4 aliphatic carbocycles. The minimum absolute atomic E-state index is 0.0489. The fourth-order valence-corrected chi connectivity index (χ4v) is 8.67. The van der Waals surface area contributed by atoms with Gasteiger partial charge in [0.2, 0.25) is 5.91 Å². The van der Waals surface area contributed by atoms with Crippen LogP contribution in [0.5, 0.6) is 11.5 Å². The van der Waals surface area contributed by atoms with E-state index < -0.39 is 23.9 Å². The van der Waals surface area contributed by atoms with Gasteiger partial charge in [0.15, 0.2) is 17.3 Å². The van der Waals surface area contributed by atoms with Gasteiger partial charge >= 0.3 is 11.9 Å². The van der Waals surface area contributed by atoms with E-state index in [0.717, 1.165) is 44.9 Å². The zero-order valence-electron chi connectivity index (χ0n) is 24.8. The van der Waals surface area contributed by atoms with Gasteiger partial charge in [-0.25, -0.2) is 4.79 Å². The summed E-state index contributed by atoms with van der Waals surface area (Å²) in [6, 6.07) is 3.15. The molecule has 3 N–H and O–H groups in total. The van der Waals surface area contributed by atoms with Crippen molar-refractivity contribution < 1.29 is 38.9 Å². The third kappa shape index (κ3) is 5.66. The van der Waals surface area contributed by atoms with E-state index in [1.807, 2.05) is 6.08 Å². The molecule has 0 aromatic heterocycles. The highest BCUT2D eigenvalue weighted by molar-refractivity contribution is 5.91. The van der Waals surface area contributed by atoms with Crippen LogP contribution >= 0.6 is 0 Å². The molecule has 42 heavy (non-hydrogen) atoms. The summed E-state index contributed by atoms with van der Waals surface area (Å²) in [6.07, 6.45) is 9.13. The van der Waals surface area contributed by atoms with Crippen LogP contribution in [0.1, 0.15) is 83.6 Å². The van der Waals surface area contributed by atoms with Crippen LogP contribution in [0.2, 0.25) is 0 Å². The van der Waals surface area contributed by atoms with Gasteiger partial charge in [0.05, 0.1) is 13.5 Å². The number of fused-ring (bicyclic) bond motifs is 5. The highest BCUT2D eigenvalue weighted by atomic mass is 16.5. The molecule has 0 bridgehead atoms. The topological polar surface area (TPSA) is 139 Å². The summed E-state index contributed by atoms with van der Waals surface area (Å²) >= 11 is 0. The molecule has 0 saturated heterocycles. The second kappa shape index (κ2) is 11.7. The van der Waals surface area contributed by atoms with Gasteiger partial charge in [0.25, 0.3) is 0 Å². The van der Waals surface area contributed by atoms with E-state index in [0.29, 0.717) is 29.7 Å². The number of nitrogens with one attached hydrogen (secondary N) is 1. The molecule has 9 nitrogen and oxygen atoms in total. The van der Waals surface area contributed by atoms with E-state index in [1.165, 1.54) is 30.9 Å². The van der Waals surface area contributed by atoms with Crippen LogP contribution in [0.3, 0.4) is 0 Å². The maximum Gasteiger partial charge on any atom is 0.328 e. The molecule has 4 aliphatic rings. The van der Waals surface area contributed by atoms with E-state index in [2.05, 4.69) is 19.2 Å². The smallest absolute Gasteiger partial charge is 0.328 e. The van der Waals surface area contributed by atoms with Crippen LogP contribution in [-0.4, -0.2) is 53.1 Å². The zero-order chi connectivity index (χ0) is 30.2. The van der Waals surface area contributed by atoms with Gasteiger partial charge in [0.1, 0.15) is 12.1 Å². The number of carbonyl (C=O) groups excluding carboxylic acids is 4. The largest absolute Gasteiger partial charge is 0.504 e. The number of esters is 2. The van der Waals surface area contributed by atoms with Gasteiger partial charge in [-0.1, -0.05) is 25.5 Å². The third-order valence-electron chi connectivity index (χ3n) is 11.0. The van der Waals surface area contributed by atoms with E-state index >= 15 is 0 Å². The minimum atomic E-state index is -1.01. The first kappa shape index (κ1) is 30.1. The molecule has 1 amide bonds. The number of carbonyl (C=O) groups is 4. The van der Waals surface area contributed by atoms with Crippen LogP contribution in [-0.2, 0) is 35.1 Å². The molecule has 0 spiro atoms. The molecule has 228 valence electrons. The number of rotatable bonds is 8. The van der Waals surface area contributed by atoms with Gasteiger partial charge in [-0.3, -0.25) is 14.4 Å². The Bertz CT molecular complexity index is 1290. The Hall–Kier alpha value is -3.36. The number of ketones is 1. The third-order valence-corrected chi connectivity index (χ3v) is 11.0. The molecule has 3 saturated carbocycles. The van der Waals surface area contributed by atoms with Crippen molar-refractivity contribution in [1.82, 2.24) is 5.32 Å². The Kier molecular flexibility index (Phi) is 8.41. The zero-order valence-corrected chi connectivity index (χ0v) is 24.8. The lowest BCUT2D eigenvalue weighted by atomic mass is 9.47. The second-order valence-electron chi connectivity index (χ2n) is 13.2. The Morgan fingerprint density at radius 3 is 2.52 bits per heavy atom. The first-order chi connectivity index (χ1) is 19.9. The number of amides is 1. The molecule has 9 heteroatoms. The molecular formula is C33H43NO8. The highest BCUT2D eigenvalue weighted by Gasteiger charge is 2.60. The van der Waals surface area contributed by atoms with Gasteiger partial charge in [-0.2, -0.15) is 0 Å². The molecule has 0 aliphatic heterocycles. The number of hydrogen-bond acceptors (Lipinski definition) is 8. The van der Waals surface area contributed by atoms with E-state index in [4.69, 9.17) is 9.47 Å². The first-order valence-corrected chi connectivity index (χ1v) is 15.3. The second-order valence-corrected chi connectivity index (χ2v) is 13.2. The molecule has 0 heterocycles. The summed E-state index contributed by atoms with van der Waals surface area (Å²) in [5, 5.41) is 21.9. The lowest BCUT2D eigenvalue weighted by molar-refractivity contribution is -0.160. The predicted molar refractivity (Wildman–Crippen MR) is 153 cm³/mol. The quantitative estimate of drug-likeness (QED) is 0.301. The average molecular weight is 582 g/mol. The van der Waals surface area contributed by atoms with Gasteiger partial charge in [0, 0.05) is 24.7 Å². The van der Waals surface area contributed by atoms with Gasteiger partial charge in [-0.05, 0) is 91.9 Å². The van der Waals surface area contributed by atoms with Crippen molar-refractivity contribution in [1.29, 1.82) is 0 Å². The number of ether oxygens (including phenoxy) is 2. The van der Waals surface area contributed by atoms with E-state index in [1.54, 1.807) is 0 Å². The molecule has 1 aromatic carbocycles. The number of allylic oxidation sites excluding steroid dienone is 1. The van der Waals surface area contributed by atoms with Crippen molar-refractivity contribution >= 4 is 23.6 Å². The maximum atomic E-state index is 12.9. The summed E-state index contributed by atoms with van der Waals surface area (Å²) < 4.78 is 10.9. The summed E-state index contributed by atoms with van der Waals surface area (Å²) in [4.78, 5) is 50.0. The minimum Gasteiger partial charge on any atom is -0.504 e. The Labute approximate surface area is 247 Å². The van der Waals surface area contributed by atoms with Gasteiger partial charge < -0.3 is 25.0 Å². The van der Waals surface area contributed by atoms with Gasteiger partial charge in [-0.15, -0.1) is 0 Å². The fraction of sp³-hybridized carbons (Fsp3) is 0.636. The monoisotopic (exact) mass is 581 g/mol. The number of phenolic OH excluding ortho intramolecular Hbond substituents is 2. The molecule has 1 aromatic rings. The Morgan fingerprint density at radius 2 is 1.79 bits per heavy atom. The average Bonchev–Trinajstić information content (AvgIpc) is 3.29. The maximum absolute atomic E-state index is 12.9. The number of phenols is 2. The lowest BCUT2D eigenvalue weighted by Gasteiger charge is -2.57. The summed E-state index contributed by atoms with van der Waals surface area (Å²) in [5.74, 6) is -0.281. The van der Waals surface area contributed by atoms with Crippen LogP contribution < -0.4 is 5.32 Å². The number of benzene rings is 1. The molecule has 3 fully saturated rings. The lowest BCUT2D eigenvalue weighted by Crippen LogP contribution is -2.51. The standard InChI is InChI=1S/C33H43NO8/c1-32-14-12-21(35)18-20(32)5-6-22-23-7-9-28(33(23,2)15-13-24(22)32)42-30(39)11-10-29(38)34-25(31(40)41-3)16-19-4-8-26(36)27(37)17-19/h4,8,17-18,22-25,28,36-37H,5-7,9-16H2,1-3H3,(H,34,38)/t22-,23+,24-,25-,28+,32-,33-/m0/s1. The molecule has 7 atom stereocenters. The molecular weight excluding hydrogens is 538 g/mol. The summed E-state index contributed by atoms with van der Waals surface area (Å²) in [6.45, 7) is 4.63. The molecule has 5 rings (SSSR count). The number of methoxy groups -OCH3 is 1. The molecule has 0 radical (unpaired) electrons. The van der Waals surface area contributed by atoms with Crippen molar-refractivity contribution in [2.24, 2.45) is 28.6 Å². The van der Waals surface area contributed by atoms with Crippen molar-refractivity contribution in [2.75, 3.05) is 7.11 Å². The number of aromatic hydroxyl groups is 2. The molecule has 0 unspecified atom stereocenters. The van der Waals surface area contributed by atoms with E-state index in [9.17, 15) is 29.4 Å². The number of hydrogen-bond donors (Lipinski definition) is 3. The van der Waals surface area contributed by atoms with Crippen molar-refractivity contribution in [3.63, 3.8) is 0 Å². The predicted octanol–water partition coefficient (Wildman–Crippen LogP) is 4.52. The first-order valence-electron chi connectivity index (χ1n) is 15.3. The van der Waals surface area contributed by atoms with E-state index in [-0.39, 0.29) is 53.5 Å². The summed E-state index contributed by atoms with van der Waals surface area (Å²) in [7, 11) is 1.22. The fourth-order valence-electron chi connectivity index (χ4n) is 8.67. The van der Waals surface area contributed by atoms with Crippen molar-refractivity contribution in [2.45, 2.75) is 96.6 Å². The highest BCUT2D eigenvalue weighted by Crippen LogP contribution is 2.65. The summed E-state index contributed by atoms with van der Waals surface area (Å²) in [5.41, 5.74) is 1.88. The van der Waals surface area contributed by atoms with Crippen LogP contribution in [0, 0.1) is 28.6 Å². The Balaban J connectivity index is 1.15. The van der Waals surface area contributed by atoms with Crippen molar-refractivity contribution in [3.8, 4) is 11.5 Å². The Morgan fingerprint density at radius 1 is 1.00 bits per heavy atom. The van der Waals surface area contributed by atoms with Crippen LogP contribution in [0.4, 0.5) is 0 Å². The van der Waals surface area contributed by atoms with Crippen LogP contribution in [0.25, 0.3) is 0 Å². The van der Waals surface area contributed by atoms with Crippen molar-refractivity contribution in [3.05, 3.63) is 35.4 Å². The normalized spacial score (nSPS) is 32.5.